The van der Waals surface area contributed by atoms with Crippen LogP contribution in [0.4, 0.5) is 0 Å². The molecule has 4 rings (SSSR count). The van der Waals surface area contributed by atoms with E-state index in [0.29, 0.717) is 0 Å². The number of hydrogen-bond acceptors (Lipinski definition) is 1. The first-order chi connectivity index (χ1) is 16.7. The van der Waals surface area contributed by atoms with Crippen molar-refractivity contribution in [2.45, 2.75) is 89.9 Å². The van der Waals surface area contributed by atoms with Crippen molar-refractivity contribution in [3.63, 3.8) is 0 Å². The molecule has 0 bridgehead atoms. The summed E-state index contributed by atoms with van der Waals surface area (Å²) in [6.45, 7) is 13.3. The van der Waals surface area contributed by atoms with Gasteiger partial charge in [-0.15, -0.1) is 0 Å². The van der Waals surface area contributed by atoms with Crippen LogP contribution in [0.2, 0.25) is 0 Å². The zero-order valence-corrected chi connectivity index (χ0v) is 23.3. The Labute approximate surface area is 215 Å². The smallest absolute Gasteiger partial charge is 0.0849 e. The van der Waals surface area contributed by atoms with Crippen LogP contribution in [0, 0.1) is 52.4 Å². The summed E-state index contributed by atoms with van der Waals surface area (Å²) in [6.07, 6.45) is 7.68. The minimum absolute atomic E-state index is 0.789. The fourth-order valence-corrected chi connectivity index (χ4v) is 7.04. The zero-order valence-electron chi connectivity index (χ0n) is 22.5. The topological polar surface area (TPSA) is 17.1 Å². The Kier molecular flexibility index (Phi) is 8.32. The molecule has 35 heavy (non-hydrogen) atoms. The molecule has 1 fully saturated rings. The first kappa shape index (κ1) is 25.9. The highest BCUT2D eigenvalue weighted by Crippen LogP contribution is 2.38. The van der Waals surface area contributed by atoms with Crippen molar-refractivity contribution in [1.82, 2.24) is 0 Å². The summed E-state index contributed by atoms with van der Waals surface area (Å²) in [4.78, 5) is 1.81. The third-order valence-electron chi connectivity index (χ3n) is 8.56. The number of rotatable bonds is 7. The summed E-state index contributed by atoms with van der Waals surface area (Å²) in [5.74, 6) is 2.43. The summed E-state index contributed by atoms with van der Waals surface area (Å²) in [5.41, 5.74) is 9.45. The molecule has 3 aromatic carbocycles. The maximum Gasteiger partial charge on any atom is 0.0849 e. The van der Waals surface area contributed by atoms with Crippen LogP contribution in [0.15, 0.2) is 64.4 Å². The molecule has 1 aliphatic rings. The van der Waals surface area contributed by atoms with Crippen LogP contribution in [0.5, 0.6) is 0 Å². The molecular weight excluding hydrogens is 444 g/mol. The van der Waals surface area contributed by atoms with Crippen LogP contribution in [0.25, 0.3) is 0 Å². The van der Waals surface area contributed by atoms with Gasteiger partial charge in [-0.1, -0.05) is 37.3 Å². The van der Waals surface area contributed by atoms with Gasteiger partial charge in [-0.2, -0.15) is 0 Å². The van der Waals surface area contributed by atoms with E-state index in [2.05, 4.69) is 90.1 Å². The summed E-state index contributed by atoms with van der Waals surface area (Å²) in [7, 11) is -1.12. The van der Waals surface area contributed by atoms with E-state index in [9.17, 15) is 4.21 Å². The molecule has 0 amide bonds. The lowest BCUT2D eigenvalue weighted by molar-refractivity contribution is 0.184. The molecule has 0 aromatic heterocycles. The SMILES string of the molecule is Cc1ccc(CC2CCC(CCc3ccc(S(=O)c4ccc(C)c(C)c4)cc3C)C(C)C2)cc1C. The molecule has 0 heterocycles. The Morgan fingerprint density at radius 2 is 1.37 bits per heavy atom. The van der Waals surface area contributed by atoms with E-state index in [1.165, 1.54) is 71.0 Å². The second-order valence-corrected chi connectivity index (χ2v) is 12.7. The molecule has 0 aliphatic heterocycles. The van der Waals surface area contributed by atoms with Gasteiger partial charge in [-0.05, 0) is 154 Å². The zero-order chi connectivity index (χ0) is 25.1. The van der Waals surface area contributed by atoms with Gasteiger partial charge in [0.25, 0.3) is 0 Å². The third-order valence-corrected chi connectivity index (χ3v) is 9.92. The highest BCUT2D eigenvalue weighted by atomic mass is 32.2. The number of hydrogen-bond donors (Lipinski definition) is 0. The van der Waals surface area contributed by atoms with Gasteiger partial charge in [0.1, 0.15) is 0 Å². The van der Waals surface area contributed by atoms with Crippen molar-refractivity contribution in [2.75, 3.05) is 0 Å². The third kappa shape index (κ3) is 6.33. The van der Waals surface area contributed by atoms with Crippen LogP contribution in [-0.4, -0.2) is 4.21 Å². The highest BCUT2D eigenvalue weighted by molar-refractivity contribution is 7.85. The monoisotopic (exact) mass is 486 g/mol. The maximum atomic E-state index is 13.1. The highest BCUT2D eigenvalue weighted by Gasteiger charge is 2.27. The second-order valence-electron chi connectivity index (χ2n) is 11.2. The van der Waals surface area contributed by atoms with E-state index in [1.54, 1.807) is 0 Å². The molecule has 3 aromatic rings. The summed E-state index contributed by atoms with van der Waals surface area (Å²) >= 11 is 0. The van der Waals surface area contributed by atoms with Crippen molar-refractivity contribution in [2.24, 2.45) is 17.8 Å². The van der Waals surface area contributed by atoms with Gasteiger partial charge in [-0.25, -0.2) is 4.21 Å². The van der Waals surface area contributed by atoms with Gasteiger partial charge >= 0.3 is 0 Å². The van der Waals surface area contributed by atoms with Crippen molar-refractivity contribution in [1.29, 1.82) is 0 Å². The molecule has 4 unspecified atom stereocenters. The summed E-state index contributed by atoms with van der Waals surface area (Å²) < 4.78 is 13.1. The van der Waals surface area contributed by atoms with Crippen LogP contribution >= 0.6 is 0 Å². The van der Waals surface area contributed by atoms with Gasteiger partial charge in [0.05, 0.1) is 10.8 Å². The lowest BCUT2D eigenvalue weighted by Gasteiger charge is -2.34. The quantitative estimate of drug-likeness (QED) is 0.327. The van der Waals surface area contributed by atoms with Gasteiger partial charge in [0.15, 0.2) is 0 Å². The lowest BCUT2D eigenvalue weighted by atomic mass is 9.71. The molecule has 4 atom stereocenters. The molecule has 0 saturated heterocycles. The second kappa shape index (κ2) is 11.2. The van der Waals surface area contributed by atoms with Crippen LogP contribution in [0.1, 0.15) is 71.6 Å². The number of benzene rings is 3. The van der Waals surface area contributed by atoms with Crippen molar-refractivity contribution < 1.29 is 4.21 Å². The Hall–Kier alpha value is -2.19. The summed E-state index contributed by atoms with van der Waals surface area (Å²) in [6, 6.07) is 19.6. The Morgan fingerprint density at radius 1 is 0.743 bits per heavy atom. The van der Waals surface area contributed by atoms with E-state index >= 15 is 0 Å². The Balaban J connectivity index is 1.32. The van der Waals surface area contributed by atoms with Crippen molar-refractivity contribution in [3.05, 3.63) is 93.5 Å². The molecule has 0 spiro atoms. The summed E-state index contributed by atoms with van der Waals surface area (Å²) in [5, 5.41) is 0. The number of aryl methyl sites for hydroxylation is 6. The molecule has 1 nitrogen and oxygen atoms in total. The Morgan fingerprint density at radius 3 is 2.00 bits per heavy atom. The average molecular weight is 487 g/mol. The Bertz CT molecular complexity index is 1210. The van der Waals surface area contributed by atoms with E-state index in [1.807, 2.05) is 6.07 Å². The van der Waals surface area contributed by atoms with Crippen LogP contribution in [0.3, 0.4) is 0 Å². The first-order valence-corrected chi connectivity index (χ1v) is 14.5. The van der Waals surface area contributed by atoms with Crippen molar-refractivity contribution in [3.8, 4) is 0 Å². The van der Waals surface area contributed by atoms with Crippen LogP contribution in [-0.2, 0) is 23.6 Å². The predicted octanol–water partition coefficient (Wildman–Crippen LogP) is 8.62. The minimum Gasteiger partial charge on any atom is -0.249 e. The molecule has 2 heteroatoms. The molecular formula is C33H42OS. The van der Waals surface area contributed by atoms with Crippen molar-refractivity contribution >= 4 is 10.8 Å². The minimum atomic E-state index is -1.12. The lowest BCUT2D eigenvalue weighted by Crippen LogP contribution is -2.24. The van der Waals surface area contributed by atoms with E-state index in [0.717, 1.165) is 34.0 Å². The molecule has 186 valence electrons. The molecule has 0 radical (unpaired) electrons. The predicted molar refractivity (Wildman–Crippen MR) is 150 cm³/mol. The standard InChI is InChI=1S/C33H42OS/c1-22-7-9-28(17-24(22)3)21-29-10-11-30(26(5)18-29)12-13-31-14-16-33(20-27(31)6)35(34)32-15-8-23(2)25(4)19-32/h7-9,14-17,19-20,26,29-30H,10-13,18,21H2,1-6H3. The normalized spacial score (nSPS) is 21.1. The van der Waals surface area contributed by atoms with E-state index < -0.39 is 10.8 Å². The van der Waals surface area contributed by atoms with Gasteiger partial charge < -0.3 is 0 Å². The van der Waals surface area contributed by atoms with Crippen LogP contribution < -0.4 is 0 Å². The van der Waals surface area contributed by atoms with Gasteiger partial charge in [0.2, 0.25) is 0 Å². The van der Waals surface area contributed by atoms with Gasteiger partial charge in [0, 0.05) is 9.79 Å². The maximum absolute atomic E-state index is 13.1. The average Bonchev–Trinajstić information content (AvgIpc) is 2.83. The fraction of sp³-hybridized carbons (Fsp3) is 0.455. The molecule has 1 aliphatic carbocycles. The van der Waals surface area contributed by atoms with Gasteiger partial charge in [-0.3, -0.25) is 0 Å². The first-order valence-electron chi connectivity index (χ1n) is 13.4. The van der Waals surface area contributed by atoms with E-state index in [-0.39, 0.29) is 0 Å². The molecule has 1 saturated carbocycles. The fourth-order valence-electron chi connectivity index (χ4n) is 5.82. The largest absolute Gasteiger partial charge is 0.249 e. The van der Waals surface area contributed by atoms with E-state index in [4.69, 9.17) is 0 Å². The molecule has 0 N–H and O–H groups in total.